The fourth-order valence-electron chi connectivity index (χ4n) is 3.17. The summed E-state index contributed by atoms with van der Waals surface area (Å²) in [7, 11) is 0. The molecule has 112 valence electrons. The first-order chi connectivity index (χ1) is 9.44. The van der Waals surface area contributed by atoms with Crippen molar-refractivity contribution < 1.29 is 0 Å². The Kier molecular flexibility index (Phi) is 5.18. The summed E-state index contributed by atoms with van der Waals surface area (Å²) in [6.07, 6.45) is 6.43. The molecule has 0 spiro atoms. The number of hydrogen-bond acceptors (Lipinski definition) is 0. The zero-order valence-electron chi connectivity index (χ0n) is 13.5. The predicted molar refractivity (Wildman–Crippen MR) is 89.5 cm³/mol. The van der Waals surface area contributed by atoms with Gasteiger partial charge in [0.15, 0.2) is 0 Å². The first-order valence-electron chi connectivity index (χ1n) is 8.18. The van der Waals surface area contributed by atoms with Gasteiger partial charge in [0, 0.05) is 0 Å². The second-order valence-corrected chi connectivity index (χ2v) is 7.75. The Labute approximate surface area is 129 Å². The van der Waals surface area contributed by atoms with E-state index in [1.165, 1.54) is 36.8 Å². The van der Waals surface area contributed by atoms with Gasteiger partial charge >= 0.3 is 0 Å². The lowest BCUT2D eigenvalue weighted by atomic mass is 9.78. The van der Waals surface area contributed by atoms with E-state index in [-0.39, 0.29) is 10.8 Å². The van der Waals surface area contributed by atoms with Crippen LogP contribution in [0.25, 0.3) is 0 Å². The molecule has 1 saturated carbocycles. The van der Waals surface area contributed by atoms with Crippen molar-refractivity contribution in [1.82, 2.24) is 0 Å². The molecular formula is C19H29Cl. The maximum atomic E-state index is 6.73. The third-order valence-electron chi connectivity index (χ3n) is 5.37. The van der Waals surface area contributed by atoms with Crippen LogP contribution in [0.1, 0.15) is 76.3 Å². The first kappa shape index (κ1) is 15.9. The van der Waals surface area contributed by atoms with E-state index in [2.05, 4.69) is 52.0 Å². The van der Waals surface area contributed by atoms with E-state index >= 15 is 0 Å². The highest BCUT2D eigenvalue weighted by molar-refractivity contribution is 6.21. The summed E-state index contributed by atoms with van der Waals surface area (Å²) in [6.45, 7) is 9.23. The van der Waals surface area contributed by atoms with Gasteiger partial charge in [0.1, 0.15) is 0 Å². The van der Waals surface area contributed by atoms with Crippen LogP contribution < -0.4 is 0 Å². The van der Waals surface area contributed by atoms with E-state index in [1.54, 1.807) is 0 Å². The molecule has 1 aromatic rings. The second kappa shape index (κ2) is 6.52. The van der Waals surface area contributed by atoms with Gasteiger partial charge in [-0.1, -0.05) is 64.8 Å². The predicted octanol–water partition coefficient (Wildman–Crippen LogP) is 6.48. The van der Waals surface area contributed by atoms with Crippen LogP contribution >= 0.6 is 11.6 Å². The highest BCUT2D eigenvalue weighted by Crippen LogP contribution is 2.40. The van der Waals surface area contributed by atoms with Crippen LogP contribution in [0, 0.1) is 11.8 Å². The molecule has 1 heteroatoms. The molecule has 1 aliphatic rings. The molecule has 0 bridgehead atoms. The summed E-state index contributed by atoms with van der Waals surface area (Å²) >= 11 is 6.73. The minimum atomic E-state index is 0.196. The molecule has 0 aliphatic heterocycles. The molecule has 0 saturated heterocycles. The second-order valence-electron chi connectivity index (χ2n) is 7.28. The van der Waals surface area contributed by atoms with Crippen LogP contribution in [-0.4, -0.2) is 0 Å². The van der Waals surface area contributed by atoms with Gasteiger partial charge < -0.3 is 0 Å². The van der Waals surface area contributed by atoms with Crippen LogP contribution in [0.3, 0.4) is 0 Å². The largest absolute Gasteiger partial charge is 0.118 e. The standard InChI is InChI=1S/C19H29Cl/c1-5-19(3,4)17-12-10-16(11-13-17)18(20)15-8-6-14(2)7-9-15/h10-15,18H,5-9H2,1-4H3. The molecule has 0 amide bonds. The summed E-state index contributed by atoms with van der Waals surface area (Å²) in [5.41, 5.74) is 2.99. The maximum Gasteiger partial charge on any atom is 0.0613 e. The van der Waals surface area contributed by atoms with Gasteiger partial charge in [-0.3, -0.25) is 0 Å². The molecule has 20 heavy (non-hydrogen) atoms. The van der Waals surface area contributed by atoms with Crippen molar-refractivity contribution in [2.45, 2.75) is 70.6 Å². The molecule has 1 unspecified atom stereocenters. The Morgan fingerprint density at radius 1 is 1.10 bits per heavy atom. The van der Waals surface area contributed by atoms with E-state index in [4.69, 9.17) is 11.6 Å². The fraction of sp³-hybridized carbons (Fsp3) is 0.684. The third-order valence-corrected chi connectivity index (χ3v) is 5.98. The summed E-state index contributed by atoms with van der Waals surface area (Å²) in [5, 5.41) is 0.196. The first-order valence-corrected chi connectivity index (χ1v) is 8.62. The number of benzene rings is 1. The van der Waals surface area contributed by atoms with Crippen molar-refractivity contribution in [1.29, 1.82) is 0 Å². The Morgan fingerprint density at radius 2 is 1.65 bits per heavy atom. The maximum absolute atomic E-state index is 6.73. The van der Waals surface area contributed by atoms with Gasteiger partial charge in [-0.05, 0) is 47.6 Å². The number of halogens is 1. The molecule has 1 fully saturated rings. The van der Waals surface area contributed by atoms with Crippen LogP contribution in [0.5, 0.6) is 0 Å². The molecule has 1 aromatic carbocycles. The smallest absolute Gasteiger partial charge is 0.0613 e. The van der Waals surface area contributed by atoms with Crippen molar-refractivity contribution in [2.75, 3.05) is 0 Å². The fourth-order valence-corrected chi connectivity index (χ4v) is 3.57. The third kappa shape index (κ3) is 3.58. The van der Waals surface area contributed by atoms with Crippen LogP contribution in [0.2, 0.25) is 0 Å². The lowest BCUT2D eigenvalue weighted by molar-refractivity contribution is 0.283. The van der Waals surface area contributed by atoms with E-state index in [9.17, 15) is 0 Å². The summed E-state index contributed by atoms with van der Waals surface area (Å²) in [5.74, 6) is 1.56. The molecular weight excluding hydrogens is 264 g/mol. The van der Waals surface area contributed by atoms with Crippen molar-refractivity contribution in [2.24, 2.45) is 11.8 Å². The van der Waals surface area contributed by atoms with Crippen molar-refractivity contribution in [3.05, 3.63) is 35.4 Å². The van der Waals surface area contributed by atoms with Gasteiger partial charge in [-0.25, -0.2) is 0 Å². The molecule has 0 heterocycles. The van der Waals surface area contributed by atoms with Gasteiger partial charge in [0.2, 0.25) is 0 Å². The van der Waals surface area contributed by atoms with Crippen molar-refractivity contribution in [3.63, 3.8) is 0 Å². The minimum absolute atomic E-state index is 0.196. The Bertz CT molecular complexity index is 410. The Balaban J connectivity index is 2.06. The summed E-state index contributed by atoms with van der Waals surface area (Å²) in [6, 6.07) is 9.06. The molecule has 2 rings (SSSR count). The average molecular weight is 293 g/mol. The van der Waals surface area contributed by atoms with Crippen LogP contribution in [0.4, 0.5) is 0 Å². The molecule has 0 nitrogen and oxygen atoms in total. The van der Waals surface area contributed by atoms with Crippen molar-refractivity contribution >= 4 is 11.6 Å². The number of hydrogen-bond donors (Lipinski definition) is 0. The lowest BCUT2D eigenvalue weighted by Gasteiger charge is -2.30. The molecule has 1 aliphatic carbocycles. The Hall–Kier alpha value is -0.490. The van der Waals surface area contributed by atoms with Gasteiger partial charge in [-0.15, -0.1) is 11.6 Å². The van der Waals surface area contributed by atoms with E-state index < -0.39 is 0 Å². The highest BCUT2D eigenvalue weighted by atomic mass is 35.5. The number of rotatable bonds is 4. The zero-order chi connectivity index (χ0) is 14.8. The van der Waals surface area contributed by atoms with E-state index in [0.29, 0.717) is 5.92 Å². The van der Waals surface area contributed by atoms with Crippen molar-refractivity contribution in [3.8, 4) is 0 Å². The number of alkyl halides is 1. The quantitative estimate of drug-likeness (QED) is 0.557. The molecule has 1 atom stereocenters. The zero-order valence-corrected chi connectivity index (χ0v) is 14.2. The SMILES string of the molecule is CCC(C)(C)c1ccc(C(Cl)C2CCC(C)CC2)cc1. The topological polar surface area (TPSA) is 0 Å². The van der Waals surface area contributed by atoms with E-state index in [1.807, 2.05) is 0 Å². The molecule has 0 radical (unpaired) electrons. The molecule has 0 aromatic heterocycles. The van der Waals surface area contributed by atoms with Gasteiger partial charge in [-0.2, -0.15) is 0 Å². The monoisotopic (exact) mass is 292 g/mol. The normalized spacial score (nSPS) is 25.4. The van der Waals surface area contributed by atoms with Crippen LogP contribution in [0.15, 0.2) is 24.3 Å². The average Bonchev–Trinajstić information content (AvgIpc) is 2.47. The molecule has 0 N–H and O–H groups in total. The van der Waals surface area contributed by atoms with E-state index in [0.717, 1.165) is 12.3 Å². The lowest BCUT2D eigenvalue weighted by Crippen LogP contribution is -2.17. The summed E-state index contributed by atoms with van der Waals surface area (Å²) < 4.78 is 0. The Morgan fingerprint density at radius 3 is 2.15 bits per heavy atom. The summed E-state index contributed by atoms with van der Waals surface area (Å²) in [4.78, 5) is 0. The highest BCUT2D eigenvalue weighted by Gasteiger charge is 2.26. The van der Waals surface area contributed by atoms with Gasteiger partial charge in [0.05, 0.1) is 5.38 Å². The van der Waals surface area contributed by atoms with Gasteiger partial charge in [0.25, 0.3) is 0 Å². The minimum Gasteiger partial charge on any atom is -0.118 e. The van der Waals surface area contributed by atoms with Crippen LogP contribution in [-0.2, 0) is 5.41 Å².